The number of pyridine rings is 1. The summed E-state index contributed by atoms with van der Waals surface area (Å²) < 4.78 is 48.8. The number of amides is 1. The molecule has 2 aromatic rings. The molecule has 1 aromatic heterocycles. The van der Waals surface area contributed by atoms with E-state index in [9.17, 15) is 22.8 Å². The molecular weight excluding hydrogens is 377 g/mol. The number of methoxy groups -OCH3 is 2. The summed E-state index contributed by atoms with van der Waals surface area (Å²) >= 11 is 0. The van der Waals surface area contributed by atoms with Gasteiger partial charge in [-0.25, -0.2) is 0 Å². The van der Waals surface area contributed by atoms with Crippen LogP contribution in [-0.4, -0.2) is 31.2 Å². The standard InChI is InChI=1S/C19H19F3N2O4/c1-27-11-4-5-12-10(9-11)3-7-14(28-2)16(12)24-18(26)13-6-8-15(19(20,21)22)23-17(13)25/h4-6,8-9,14,16H,3,7H2,1-2H3,(H,23,25)(H,24,26). The van der Waals surface area contributed by atoms with Crippen LogP contribution in [0.1, 0.15) is 39.6 Å². The van der Waals surface area contributed by atoms with E-state index in [1.807, 2.05) is 6.07 Å². The minimum atomic E-state index is -4.70. The van der Waals surface area contributed by atoms with Crippen LogP contribution in [0.25, 0.3) is 0 Å². The first-order chi connectivity index (χ1) is 13.2. The third-order valence-corrected chi connectivity index (χ3v) is 4.80. The molecule has 0 saturated carbocycles. The Morgan fingerprint density at radius 2 is 1.96 bits per heavy atom. The summed E-state index contributed by atoms with van der Waals surface area (Å²) in [5.74, 6) is -0.0930. The smallest absolute Gasteiger partial charge is 0.431 e. The van der Waals surface area contributed by atoms with Crippen molar-refractivity contribution in [2.75, 3.05) is 14.2 Å². The second-order valence-corrected chi connectivity index (χ2v) is 6.44. The van der Waals surface area contributed by atoms with Crippen molar-refractivity contribution in [3.8, 4) is 5.75 Å². The number of alkyl halides is 3. The predicted octanol–water partition coefficient (Wildman–Crippen LogP) is 2.83. The lowest BCUT2D eigenvalue weighted by Gasteiger charge is -2.33. The molecule has 0 fully saturated rings. The number of hydrogen-bond donors (Lipinski definition) is 2. The maximum Gasteiger partial charge on any atom is 0.431 e. The molecule has 0 aliphatic heterocycles. The normalized spacial score (nSPS) is 19.0. The quantitative estimate of drug-likeness (QED) is 0.833. The summed E-state index contributed by atoms with van der Waals surface area (Å²) in [6, 6.07) is 6.42. The zero-order chi connectivity index (χ0) is 20.5. The zero-order valence-corrected chi connectivity index (χ0v) is 15.2. The number of aromatic nitrogens is 1. The molecule has 150 valence electrons. The summed E-state index contributed by atoms with van der Waals surface area (Å²) in [5, 5.41) is 2.72. The molecule has 3 rings (SSSR count). The van der Waals surface area contributed by atoms with Gasteiger partial charge in [-0.15, -0.1) is 0 Å². The maximum atomic E-state index is 12.7. The second-order valence-electron chi connectivity index (χ2n) is 6.44. The number of aromatic amines is 1. The van der Waals surface area contributed by atoms with Gasteiger partial charge in [0, 0.05) is 7.11 Å². The van der Waals surface area contributed by atoms with Gasteiger partial charge >= 0.3 is 6.18 Å². The van der Waals surface area contributed by atoms with Crippen molar-refractivity contribution in [2.24, 2.45) is 0 Å². The van der Waals surface area contributed by atoms with Gasteiger partial charge in [-0.05, 0) is 48.2 Å². The zero-order valence-electron chi connectivity index (χ0n) is 15.2. The molecule has 0 spiro atoms. The molecule has 6 nitrogen and oxygen atoms in total. The van der Waals surface area contributed by atoms with Crippen LogP contribution in [0.15, 0.2) is 35.1 Å². The SMILES string of the molecule is COc1ccc2c(c1)CCC(OC)C2NC(=O)c1ccc(C(F)(F)F)[nH]c1=O. The van der Waals surface area contributed by atoms with E-state index in [-0.39, 0.29) is 6.10 Å². The van der Waals surface area contributed by atoms with Crippen molar-refractivity contribution in [3.63, 3.8) is 0 Å². The fraction of sp³-hybridized carbons (Fsp3) is 0.368. The summed E-state index contributed by atoms with van der Waals surface area (Å²) in [6.07, 6.45) is -3.68. The molecule has 1 aromatic carbocycles. The minimum Gasteiger partial charge on any atom is -0.497 e. The van der Waals surface area contributed by atoms with Crippen LogP contribution in [0.2, 0.25) is 0 Å². The van der Waals surface area contributed by atoms with Crippen molar-refractivity contribution in [1.82, 2.24) is 10.3 Å². The first-order valence-electron chi connectivity index (χ1n) is 8.55. The number of fused-ring (bicyclic) bond motifs is 1. The molecule has 9 heteroatoms. The monoisotopic (exact) mass is 396 g/mol. The number of benzene rings is 1. The van der Waals surface area contributed by atoms with E-state index in [0.29, 0.717) is 18.2 Å². The highest BCUT2D eigenvalue weighted by atomic mass is 19.4. The molecule has 1 aliphatic carbocycles. The Hall–Kier alpha value is -2.81. The van der Waals surface area contributed by atoms with Gasteiger partial charge in [-0.2, -0.15) is 13.2 Å². The van der Waals surface area contributed by atoms with Gasteiger partial charge in [0.2, 0.25) is 0 Å². The topological polar surface area (TPSA) is 80.4 Å². The first-order valence-corrected chi connectivity index (χ1v) is 8.55. The highest BCUT2D eigenvalue weighted by Crippen LogP contribution is 2.34. The van der Waals surface area contributed by atoms with Gasteiger partial charge in [0.15, 0.2) is 0 Å². The molecule has 2 N–H and O–H groups in total. The largest absolute Gasteiger partial charge is 0.497 e. The van der Waals surface area contributed by atoms with Gasteiger partial charge in [-0.3, -0.25) is 9.59 Å². The number of halogens is 3. The lowest BCUT2D eigenvalue weighted by atomic mass is 9.85. The lowest BCUT2D eigenvalue weighted by Crippen LogP contribution is -2.41. The van der Waals surface area contributed by atoms with E-state index in [0.717, 1.165) is 23.6 Å². The van der Waals surface area contributed by atoms with E-state index >= 15 is 0 Å². The number of carbonyl (C=O) groups excluding carboxylic acids is 1. The van der Waals surface area contributed by atoms with Crippen molar-refractivity contribution in [1.29, 1.82) is 0 Å². The summed E-state index contributed by atoms with van der Waals surface area (Å²) in [7, 11) is 3.07. The van der Waals surface area contributed by atoms with Gasteiger partial charge in [0.25, 0.3) is 11.5 Å². The highest BCUT2D eigenvalue weighted by Gasteiger charge is 2.34. The third kappa shape index (κ3) is 3.89. The van der Waals surface area contributed by atoms with Crippen LogP contribution < -0.4 is 15.6 Å². The molecule has 0 radical (unpaired) electrons. The number of carbonyl (C=O) groups is 1. The Balaban J connectivity index is 1.90. The first kappa shape index (κ1) is 19.9. The van der Waals surface area contributed by atoms with Crippen LogP contribution in [-0.2, 0) is 17.3 Å². The number of H-pyrrole nitrogens is 1. The minimum absolute atomic E-state index is 0.335. The number of rotatable bonds is 4. The van der Waals surface area contributed by atoms with Crippen LogP contribution in [0.4, 0.5) is 13.2 Å². The molecule has 0 bridgehead atoms. The fourth-order valence-corrected chi connectivity index (χ4v) is 3.36. The second kappa shape index (κ2) is 7.67. The van der Waals surface area contributed by atoms with Crippen LogP contribution >= 0.6 is 0 Å². The molecule has 1 heterocycles. The van der Waals surface area contributed by atoms with Crippen molar-refractivity contribution in [2.45, 2.75) is 31.2 Å². The fourth-order valence-electron chi connectivity index (χ4n) is 3.36. The van der Waals surface area contributed by atoms with E-state index in [1.54, 1.807) is 24.2 Å². The Labute approximate surface area is 158 Å². The summed E-state index contributed by atoms with van der Waals surface area (Å²) in [4.78, 5) is 26.3. The Bertz CT molecular complexity index is 940. The Kier molecular flexibility index (Phi) is 5.46. The summed E-state index contributed by atoms with van der Waals surface area (Å²) in [5.41, 5.74) is -0.927. The van der Waals surface area contributed by atoms with E-state index < -0.39 is 34.9 Å². The predicted molar refractivity (Wildman–Crippen MR) is 94.4 cm³/mol. The van der Waals surface area contributed by atoms with Crippen molar-refractivity contribution < 1.29 is 27.4 Å². The average molecular weight is 396 g/mol. The van der Waals surface area contributed by atoms with Crippen LogP contribution in [0.3, 0.4) is 0 Å². The van der Waals surface area contributed by atoms with Crippen molar-refractivity contribution in [3.05, 3.63) is 63.1 Å². The molecule has 1 amide bonds. The van der Waals surface area contributed by atoms with Gasteiger partial charge in [0.05, 0.1) is 19.3 Å². The molecular formula is C19H19F3N2O4. The number of ether oxygens (including phenoxy) is 2. The molecule has 1 aliphatic rings. The number of hydrogen-bond acceptors (Lipinski definition) is 4. The molecule has 0 saturated heterocycles. The van der Waals surface area contributed by atoms with E-state index in [4.69, 9.17) is 9.47 Å². The highest BCUT2D eigenvalue weighted by molar-refractivity contribution is 5.94. The van der Waals surface area contributed by atoms with Crippen LogP contribution in [0, 0.1) is 0 Å². The van der Waals surface area contributed by atoms with Gasteiger partial charge in [0.1, 0.15) is 17.0 Å². The molecule has 2 atom stereocenters. The number of aryl methyl sites for hydroxylation is 1. The van der Waals surface area contributed by atoms with E-state index in [1.165, 1.54) is 7.11 Å². The summed E-state index contributed by atoms with van der Waals surface area (Å²) in [6.45, 7) is 0. The maximum absolute atomic E-state index is 12.7. The molecule has 2 unspecified atom stereocenters. The van der Waals surface area contributed by atoms with Gasteiger partial charge < -0.3 is 19.8 Å². The van der Waals surface area contributed by atoms with Crippen molar-refractivity contribution >= 4 is 5.91 Å². The van der Waals surface area contributed by atoms with Gasteiger partial charge in [-0.1, -0.05) is 6.07 Å². The van der Waals surface area contributed by atoms with Crippen LogP contribution in [0.5, 0.6) is 5.75 Å². The Morgan fingerprint density at radius 3 is 2.57 bits per heavy atom. The molecule has 28 heavy (non-hydrogen) atoms. The third-order valence-electron chi connectivity index (χ3n) is 4.80. The van der Waals surface area contributed by atoms with E-state index in [2.05, 4.69) is 5.32 Å². The average Bonchev–Trinajstić information content (AvgIpc) is 2.66. The Morgan fingerprint density at radius 1 is 1.21 bits per heavy atom. The number of nitrogens with one attached hydrogen (secondary N) is 2. The lowest BCUT2D eigenvalue weighted by molar-refractivity contribution is -0.141.